The summed E-state index contributed by atoms with van der Waals surface area (Å²) in [4.78, 5) is 17.6. The van der Waals surface area contributed by atoms with Gasteiger partial charge in [0, 0.05) is 50.4 Å². The lowest BCUT2D eigenvalue weighted by Gasteiger charge is -2.26. The number of carboxylic acid groups (broad SMARTS) is 1. The van der Waals surface area contributed by atoms with Crippen LogP contribution in [0.15, 0.2) is 18.3 Å². The van der Waals surface area contributed by atoms with E-state index in [0.717, 1.165) is 26.2 Å². The largest absolute Gasteiger partial charge is 0.478 e. The van der Waals surface area contributed by atoms with Gasteiger partial charge in [0.15, 0.2) is 0 Å². The zero-order valence-corrected chi connectivity index (χ0v) is 11.7. The topological polar surface area (TPSA) is 65.5 Å². The van der Waals surface area contributed by atoms with Gasteiger partial charge in [0.1, 0.15) is 0 Å². The minimum Gasteiger partial charge on any atom is -0.478 e. The van der Waals surface area contributed by atoms with Crippen molar-refractivity contribution in [1.82, 2.24) is 15.2 Å². The number of nitrogens with one attached hydrogen (secondary N) is 1. The van der Waals surface area contributed by atoms with Crippen LogP contribution >= 0.6 is 11.8 Å². The molecule has 1 aromatic rings. The molecule has 0 bridgehead atoms. The first kappa shape index (κ1) is 14.3. The van der Waals surface area contributed by atoms with Crippen LogP contribution in [0.3, 0.4) is 0 Å². The van der Waals surface area contributed by atoms with Gasteiger partial charge in [0.2, 0.25) is 0 Å². The molecule has 104 valence electrons. The highest BCUT2D eigenvalue weighted by molar-refractivity contribution is 7.99. The SMILES string of the molecule is O=C(O)c1cccnc1CNCCN1CCSCC1. The smallest absolute Gasteiger partial charge is 0.337 e. The Balaban J connectivity index is 1.74. The van der Waals surface area contributed by atoms with E-state index in [9.17, 15) is 4.79 Å². The predicted molar refractivity (Wildman–Crippen MR) is 76.7 cm³/mol. The summed E-state index contributed by atoms with van der Waals surface area (Å²) in [6, 6.07) is 3.24. The van der Waals surface area contributed by atoms with E-state index in [2.05, 4.69) is 15.2 Å². The molecule has 1 fully saturated rings. The highest BCUT2D eigenvalue weighted by atomic mass is 32.2. The van der Waals surface area contributed by atoms with E-state index in [1.54, 1.807) is 18.3 Å². The molecule has 0 saturated carbocycles. The van der Waals surface area contributed by atoms with Gasteiger partial charge in [0.25, 0.3) is 0 Å². The lowest BCUT2D eigenvalue weighted by molar-refractivity contribution is 0.0695. The van der Waals surface area contributed by atoms with Crippen LogP contribution in [0.2, 0.25) is 0 Å². The fourth-order valence-electron chi connectivity index (χ4n) is 2.04. The molecule has 0 amide bonds. The Hall–Kier alpha value is -1.11. The lowest BCUT2D eigenvalue weighted by atomic mass is 10.2. The number of pyridine rings is 1. The molecule has 0 radical (unpaired) electrons. The van der Waals surface area contributed by atoms with Crippen molar-refractivity contribution in [3.63, 3.8) is 0 Å². The van der Waals surface area contributed by atoms with Gasteiger partial charge < -0.3 is 15.3 Å². The number of hydrogen-bond acceptors (Lipinski definition) is 5. The summed E-state index contributed by atoms with van der Waals surface area (Å²) in [5, 5.41) is 12.3. The van der Waals surface area contributed by atoms with Gasteiger partial charge in [0.05, 0.1) is 11.3 Å². The molecule has 19 heavy (non-hydrogen) atoms. The fraction of sp³-hybridized carbons (Fsp3) is 0.538. The first-order valence-corrected chi connectivity index (χ1v) is 7.61. The van der Waals surface area contributed by atoms with Gasteiger partial charge >= 0.3 is 5.97 Å². The van der Waals surface area contributed by atoms with Gasteiger partial charge in [-0.05, 0) is 12.1 Å². The maximum Gasteiger partial charge on any atom is 0.337 e. The summed E-state index contributed by atoms with van der Waals surface area (Å²) in [6.45, 7) is 4.67. The van der Waals surface area contributed by atoms with Crippen molar-refractivity contribution in [3.05, 3.63) is 29.6 Å². The molecule has 0 aromatic carbocycles. The van der Waals surface area contributed by atoms with Crippen LogP contribution in [0.5, 0.6) is 0 Å². The summed E-state index contributed by atoms with van der Waals surface area (Å²) < 4.78 is 0. The van der Waals surface area contributed by atoms with Crippen molar-refractivity contribution >= 4 is 17.7 Å². The second-order valence-electron chi connectivity index (χ2n) is 4.43. The first-order valence-electron chi connectivity index (χ1n) is 6.45. The molecule has 2 N–H and O–H groups in total. The molecule has 1 saturated heterocycles. The molecule has 1 aliphatic rings. The monoisotopic (exact) mass is 281 g/mol. The maximum atomic E-state index is 11.0. The van der Waals surface area contributed by atoms with E-state index in [1.807, 2.05) is 11.8 Å². The molecule has 1 aromatic heterocycles. The van der Waals surface area contributed by atoms with Crippen LogP contribution in [-0.4, -0.2) is 58.6 Å². The second kappa shape index (κ2) is 7.47. The van der Waals surface area contributed by atoms with Crippen LogP contribution in [0.25, 0.3) is 0 Å². The third-order valence-corrected chi connectivity index (χ3v) is 4.06. The number of hydrogen-bond donors (Lipinski definition) is 2. The number of aromatic carboxylic acids is 1. The average molecular weight is 281 g/mol. The zero-order valence-electron chi connectivity index (χ0n) is 10.8. The molecule has 2 rings (SSSR count). The average Bonchev–Trinajstić information content (AvgIpc) is 2.45. The van der Waals surface area contributed by atoms with E-state index < -0.39 is 5.97 Å². The van der Waals surface area contributed by atoms with E-state index in [0.29, 0.717) is 12.2 Å². The highest BCUT2D eigenvalue weighted by Gasteiger charge is 2.11. The standard InChI is InChI=1S/C13H19N3O2S/c17-13(18)11-2-1-3-15-12(11)10-14-4-5-16-6-8-19-9-7-16/h1-3,14H,4-10H2,(H,17,18). The molecule has 6 heteroatoms. The van der Waals surface area contributed by atoms with Crippen LogP contribution in [0, 0.1) is 0 Å². The first-order chi connectivity index (χ1) is 9.27. The number of carbonyl (C=O) groups is 1. The molecular weight excluding hydrogens is 262 g/mol. The Labute approximate surface area is 117 Å². The minimum atomic E-state index is -0.919. The quantitative estimate of drug-likeness (QED) is 0.756. The number of thioether (sulfide) groups is 1. The van der Waals surface area contributed by atoms with Crippen LogP contribution in [0.4, 0.5) is 0 Å². The summed E-state index contributed by atoms with van der Waals surface area (Å²) in [5.41, 5.74) is 0.883. The molecule has 0 spiro atoms. The van der Waals surface area contributed by atoms with Gasteiger partial charge in [-0.15, -0.1) is 0 Å². The minimum absolute atomic E-state index is 0.282. The summed E-state index contributed by atoms with van der Waals surface area (Å²) in [5.74, 6) is 1.50. The molecular formula is C13H19N3O2S. The van der Waals surface area contributed by atoms with Gasteiger partial charge in [-0.25, -0.2) is 4.79 Å². The Morgan fingerprint density at radius 2 is 2.26 bits per heavy atom. The highest BCUT2D eigenvalue weighted by Crippen LogP contribution is 2.08. The van der Waals surface area contributed by atoms with Crippen LogP contribution in [-0.2, 0) is 6.54 Å². The van der Waals surface area contributed by atoms with E-state index in [4.69, 9.17) is 5.11 Å². The number of rotatable bonds is 6. The van der Waals surface area contributed by atoms with Crippen molar-refractivity contribution in [2.24, 2.45) is 0 Å². The Kier molecular flexibility index (Phi) is 5.62. The van der Waals surface area contributed by atoms with E-state index in [1.165, 1.54) is 11.5 Å². The predicted octanol–water partition coefficient (Wildman–Crippen LogP) is 0.918. The molecule has 5 nitrogen and oxygen atoms in total. The van der Waals surface area contributed by atoms with E-state index >= 15 is 0 Å². The van der Waals surface area contributed by atoms with E-state index in [-0.39, 0.29) is 5.56 Å². The normalized spacial score (nSPS) is 16.4. The number of carboxylic acids is 1. The van der Waals surface area contributed by atoms with Crippen molar-refractivity contribution in [2.75, 3.05) is 37.7 Å². The van der Waals surface area contributed by atoms with Gasteiger partial charge in [-0.1, -0.05) is 0 Å². The van der Waals surface area contributed by atoms with Crippen molar-refractivity contribution in [3.8, 4) is 0 Å². The number of aromatic nitrogens is 1. The maximum absolute atomic E-state index is 11.0. The van der Waals surface area contributed by atoms with Crippen molar-refractivity contribution in [1.29, 1.82) is 0 Å². The molecule has 0 atom stereocenters. The fourth-order valence-corrected chi connectivity index (χ4v) is 3.02. The van der Waals surface area contributed by atoms with Crippen LogP contribution in [0.1, 0.15) is 16.1 Å². The summed E-state index contributed by atoms with van der Waals surface area (Å²) in [7, 11) is 0. The Morgan fingerprint density at radius 1 is 1.47 bits per heavy atom. The second-order valence-corrected chi connectivity index (χ2v) is 5.66. The third kappa shape index (κ3) is 4.49. The third-order valence-electron chi connectivity index (χ3n) is 3.12. The van der Waals surface area contributed by atoms with Crippen molar-refractivity contribution in [2.45, 2.75) is 6.54 Å². The summed E-state index contributed by atoms with van der Waals surface area (Å²) >= 11 is 2.00. The molecule has 0 aliphatic carbocycles. The van der Waals surface area contributed by atoms with Crippen molar-refractivity contribution < 1.29 is 9.90 Å². The molecule has 0 unspecified atom stereocenters. The van der Waals surface area contributed by atoms with Crippen LogP contribution < -0.4 is 5.32 Å². The van der Waals surface area contributed by atoms with Gasteiger partial charge in [-0.3, -0.25) is 4.98 Å². The number of nitrogens with zero attached hydrogens (tertiary/aromatic N) is 2. The lowest BCUT2D eigenvalue weighted by Crippen LogP contribution is -2.37. The molecule has 2 heterocycles. The molecule has 1 aliphatic heterocycles. The summed E-state index contributed by atoms with van der Waals surface area (Å²) in [6.07, 6.45) is 1.63. The zero-order chi connectivity index (χ0) is 13.5. The van der Waals surface area contributed by atoms with Gasteiger partial charge in [-0.2, -0.15) is 11.8 Å². The Morgan fingerprint density at radius 3 is 3.00 bits per heavy atom. The Bertz CT molecular complexity index is 422.